The zero-order chi connectivity index (χ0) is 13.9. The van der Waals surface area contributed by atoms with Gasteiger partial charge in [-0.3, -0.25) is 14.9 Å². The third-order valence-electron chi connectivity index (χ3n) is 1.93. The molecule has 0 aliphatic carbocycles. The first-order valence-electron chi connectivity index (χ1n) is 4.47. The Morgan fingerprint density at radius 2 is 1.89 bits per heavy atom. The van der Waals surface area contributed by atoms with Crippen LogP contribution in [0.5, 0.6) is 0 Å². The van der Waals surface area contributed by atoms with E-state index in [4.69, 9.17) is 0 Å². The first-order valence-corrected chi connectivity index (χ1v) is 4.47. The molecule has 1 amide bonds. The number of carbonyl (C=O) groups is 1. The van der Waals surface area contributed by atoms with Gasteiger partial charge in [-0.1, -0.05) is 12.1 Å². The average Bonchev–Trinajstić information content (AvgIpc) is 2.29. The number of nitro benzene ring substituents is 1. The molecule has 18 heavy (non-hydrogen) atoms. The first kappa shape index (κ1) is 13.9. The minimum atomic E-state index is -4.91. The fourth-order valence-corrected chi connectivity index (χ4v) is 1.04. The van der Waals surface area contributed by atoms with Crippen molar-refractivity contribution in [3.63, 3.8) is 0 Å². The number of hydrogen-bond acceptors (Lipinski definition) is 3. The second kappa shape index (κ2) is 4.98. The number of nitro groups is 1. The molecule has 0 fully saturated rings. The van der Waals surface area contributed by atoms with Crippen molar-refractivity contribution in [2.75, 3.05) is 5.32 Å². The number of hydrogen-bond donors (Lipinski definition) is 1. The Kier molecular flexibility index (Phi) is 3.84. The summed E-state index contributed by atoms with van der Waals surface area (Å²) in [6.45, 7) is 0. The van der Waals surface area contributed by atoms with Crippen LogP contribution in [0.2, 0.25) is 0 Å². The summed E-state index contributed by atoms with van der Waals surface area (Å²) in [5.41, 5.74) is -1.25. The van der Waals surface area contributed by atoms with Crippen LogP contribution in [0, 0.1) is 10.1 Å². The number of alkyl halides is 4. The van der Waals surface area contributed by atoms with E-state index in [1.165, 1.54) is 17.4 Å². The third kappa shape index (κ3) is 2.73. The first-order chi connectivity index (χ1) is 8.26. The van der Waals surface area contributed by atoms with E-state index in [-0.39, 0.29) is 0 Å². The van der Waals surface area contributed by atoms with Crippen molar-refractivity contribution in [1.29, 1.82) is 0 Å². The van der Waals surface area contributed by atoms with E-state index in [0.29, 0.717) is 0 Å². The van der Waals surface area contributed by atoms with Crippen LogP contribution >= 0.6 is 0 Å². The highest BCUT2D eigenvalue weighted by Crippen LogP contribution is 2.28. The second-order valence-electron chi connectivity index (χ2n) is 3.15. The highest BCUT2D eigenvalue weighted by molar-refractivity contribution is 5.98. The second-order valence-corrected chi connectivity index (χ2v) is 3.15. The van der Waals surface area contributed by atoms with Crippen LogP contribution in [0.4, 0.5) is 28.9 Å². The Morgan fingerprint density at radius 1 is 1.33 bits per heavy atom. The SMILES string of the molecule is O=C(Nc1ccccc1[N+](=O)[O-])C(F)(F)C(F)F. The normalized spacial score (nSPS) is 11.4. The van der Waals surface area contributed by atoms with E-state index >= 15 is 0 Å². The highest BCUT2D eigenvalue weighted by Gasteiger charge is 2.49. The third-order valence-corrected chi connectivity index (χ3v) is 1.93. The molecular formula is C9H6F4N2O3. The topological polar surface area (TPSA) is 72.2 Å². The smallest absolute Gasteiger partial charge is 0.315 e. The molecule has 98 valence electrons. The number of rotatable bonds is 4. The van der Waals surface area contributed by atoms with Gasteiger partial charge in [0.1, 0.15) is 5.69 Å². The molecule has 0 aliphatic rings. The maximum Gasteiger partial charge on any atom is 0.383 e. The van der Waals surface area contributed by atoms with Gasteiger partial charge in [0.2, 0.25) is 0 Å². The summed E-state index contributed by atoms with van der Waals surface area (Å²) in [5.74, 6) is -7.21. The molecule has 1 N–H and O–H groups in total. The predicted molar refractivity (Wildman–Crippen MR) is 52.7 cm³/mol. The van der Waals surface area contributed by atoms with Crippen molar-refractivity contribution in [2.45, 2.75) is 12.3 Å². The van der Waals surface area contributed by atoms with Gasteiger partial charge in [-0.2, -0.15) is 8.78 Å². The van der Waals surface area contributed by atoms with Crippen molar-refractivity contribution >= 4 is 17.3 Å². The molecule has 9 heteroatoms. The van der Waals surface area contributed by atoms with Gasteiger partial charge in [0.25, 0.3) is 5.69 Å². The van der Waals surface area contributed by atoms with E-state index in [1.54, 1.807) is 0 Å². The van der Waals surface area contributed by atoms with Gasteiger partial charge in [0, 0.05) is 6.07 Å². The van der Waals surface area contributed by atoms with E-state index in [0.717, 1.165) is 12.1 Å². The van der Waals surface area contributed by atoms with Gasteiger partial charge >= 0.3 is 18.3 Å². The van der Waals surface area contributed by atoms with Crippen molar-refractivity contribution in [3.05, 3.63) is 34.4 Å². The molecular weight excluding hydrogens is 260 g/mol. The average molecular weight is 266 g/mol. The maximum atomic E-state index is 12.6. The molecule has 0 unspecified atom stereocenters. The molecule has 0 aromatic heterocycles. The summed E-state index contributed by atoms with van der Waals surface area (Å²) in [7, 11) is 0. The Labute approximate surface area is 97.6 Å². The zero-order valence-electron chi connectivity index (χ0n) is 8.57. The van der Waals surface area contributed by atoms with Crippen molar-refractivity contribution < 1.29 is 27.3 Å². The molecule has 0 aliphatic heterocycles. The molecule has 0 atom stereocenters. The number of benzene rings is 1. The van der Waals surface area contributed by atoms with Crippen LogP contribution in [-0.4, -0.2) is 23.2 Å². The molecule has 0 saturated heterocycles. The molecule has 0 heterocycles. The molecule has 1 aromatic carbocycles. The summed E-state index contributed by atoms with van der Waals surface area (Å²) >= 11 is 0. The van der Waals surface area contributed by atoms with Crippen LogP contribution in [0.1, 0.15) is 0 Å². The Bertz CT molecular complexity index is 479. The standard InChI is InChI=1S/C9H6F4N2O3/c10-7(11)9(12,13)8(16)14-5-3-1-2-4-6(5)15(17)18/h1-4,7H,(H,14,16). The number of para-hydroxylation sites is 2. The van der Waals surface area contributed by atoms with Crippen molar-refractivity contribution in [3.8, 4) is 0 Å². The Morgan fingerprint density at radius 3 is 2.39 bits per heavy atom. The van der Waals surface area contributed by atoms with Gasteiger partial charge in [-0.05, 0) is 6.07 Å². The summed E-state index contributed by atoms with van der Waals surface area (Å²) in [4.78, 5) is 20.5. The molecule has 1 aromatic rings. The zero-order valence-corrected chi connectivity index (χ0v) is 8.57. The van der Waals surface area contributed by atoms with Crippen LogP contribution < -0.4 is 5.32 Å². The fourth-order valence-electron chi connectivity index (χ4n) is 1.04. The minimum Gasteiger partial charge on any atom is -0.315 e. The lowest BCUT2D eigenvalue weighted by molar-refractivity contribution is -0.383. The van der Waals surface area contributed by atoms with Gasteiger partial charge in [-0.15, -0.1) is 0 Å². The monoisotopic (exact) mass is 266 g/mol. The largest absolute Gasteiger partial charge is 0.383 e. The molecule has 0 radical (unpaired) electrons. The van der Waals surface area contributed by atoms with E-state index in [9.17, 15) is 32.5 Å². The quantitative estimate of drug-likeness (QED) is 0.516. The maximum absolute atomic E-state index is 12.6. The molecule has 0 spiro atoms. The van der Waals surface area contributed by atoms with Crippen molar-refractivity contribution in [2.24, 2.45) is 0 Å². The minimum absolute atomic E-state index is 0.576. The van der Waals surface area contributed by atoms with Gasteiger partial charge < -0.3 is 5.32 Å². The number of nitrogens with one attached hydrogen (secondary N) is 1. The number of nitrogens with zero attached hydrogens (tertiary/aromatic N) is 1. The number of anilines is 1. The fraction of sp³-hybridized carbons (Fsp3) is 0.222. The lowest BCUT2D eigenvalue weighted by Crippen LogP contribution is -2.41. The summed E-state index contributed by atoms with van der Waals surface area (Å²) in [6.07, 6.45) is -4.19. The van der Waals surface area contributed by atoms with E-state index < -0.39 is 34.6 Å². The highest BCUT2D eigenvalue weighted by atomic mass is 19.3. The molecule has 0 saturated carbocycles. The summed E-state index contributed by atoms with van der Waals surface area (Å²) < 4.78 is 49.0. The van der Waals surface area contributed by atoms with Gasteiger partial charge in [-0.25, -0.2) is 8.78 Å². The lowest BCUT2D eigenvalue weighted by Gasteiger charge is -2.14. The summed E-state index contributed by atoms with van der Waals surface area (Å²) in [5, 5.41) is 11.9. The lowest BCUT2D eigenvalue weighted by atomic mass is 10.2. The molecule has 0 bridgehead atoms. The van der Waals surface area contributed by atoms with Gasteiger partial charge in [0.15, 0.2) is 0 Å². The Balaban J connectivity index is 2.99. The number of halogens is 4. The predicted octanol–water partition coefficient (Wildman–Crippen LogP) is 2.43. The number of amides is 1. The van der Waals surface area contributed by atoms with Crippen LogP contribution in [0.25, 0.3) is 0 Å². The Hall–Kier alpha value is -2.19. The van der Waals surface area contributed by atoms with Crippen LogP contribution in [0.15, 0.2) is 24.3 Å². The molecule has 1 rings (SSSR count). The molecule has 5 nitrogen and oxygen atoms in total. The van der Waals surface area contributed by atoms with E-state index in [2.05, 4.69) is 0 Å². The van der Waals surface area contributed by atoms with Crippen LogP contribution in [0.3, 0.4) is 0 Å². The van der Waals surface area contributed by atoms with E-state index in [1.807, 2.05) is 0 Å². The van der Waals surface area contributed by atoms with Gasteiger partial charge in [0.05, 0.1) is 4.92 Å². The number of carbonyl (C=O) groups excluding carboxylic acids is 1. The van der Waals surface area contributed by atoms with Crippen molar-refractivity contribution in [1.82, 2.24) is 0 Å². The summed E-state index contributed by atoms with van der Waals surface area (Å²) in [6, 6.07) is 4.36. The van der Waals surface area contributed by atoms with Crippen LogP contribution in [-0.2, 0) is 4.79 Å².